The molecule has 1 N–H and O–H groups in total. The minimum Gasteiger partial charge on any atom is -0.487 e. The number of fused-ring (bicyclic) bond motifs is 1. The summed E-state index contributed by atoms with van der Waals surface area (Å²) in [6, 6.07) is 13.2. The van der Waals surface area contributed by atoms with Gasteiger partial charge in [-0.1, -0.05) is 30.3 Å². The topological polar surface area (TPSA) is 69.9 Å². The number of amides is 1. The summed E-state index contributed by atoms with van der Waals surface area (Å²) in [5.41, 5.74) is 7.04. The highest BCUT2D eigenvalue weighted by Gasteiger charge is 2.38. The molecule has 202 valence electrons. The molecule has 1 saturated heterocycles. The highest BCUT2D eigenvalue weighted by Crippen LogP contribution is 2.41. The quantitative estimate of drug-likeness (QED) is 0.417. The first-order valence-electron chi connectivity index (χ1n) is 13.5. The average molecular weight is 518 g/mol. The second-order valence-corrected chi connectivity index (χ2v) is 11.7. The molecule has 6 heteroatoms. The second-order valence-electron chi connectivity index (χ2n) is 11.7. The Labute approximate surface area is 225 Å². The van der Waals surface area contributed by atoms with Crippen molar-refractivity contribution in [3.8, 4) is 5.75 Å². The van der Waals surface area contributed by atoms with Crippen LogP contribution in [0.15, 0.2) is 46.9 Å². The van der Waals surface area contributed by atoms with Gasteiger partial charge in [0.15, 0.2) is 11.5 Å². The maximum atomic E-state index is 13.2. The van der Waals surface area contributed by atoms with E-state index in [1.54, 1.807) is 6.07 Å². The van der Waals surface area contributed by atoms with Crippen molar-refractivity contribution in [3.63, 3.8) is 0 Å². The third-order valence-corrected chi connectivity index (χ3v) is 7.96. The van der Waals surface area contributed by atoms with Gasteiger partial charge in [0.1, 0.15) is 23.2 Å². The van der Waals surface area contributed by atoms with Gasteiger partial charge in [-0.05, 0) is 107 Å². The lowest BCUT2D eigenvalue weighted by Gasteiger charge is -2.41. The van der Waals surface area contributed by atoms with Crippen LogP contribution in [-0.2, 0) is 22.3 Å². The zero-order valence-electron chi connectivity index (χ0n) is 23.6. The van der Waals surface area contributed by atoms with E-state index < -0.39 is 5.79 Å². The van der Waals surface area contributed by atoms with E-state index in [-0.39, 0.29) is 29.4 Å². The molecule has 0 radical (unpaired) electrons. The van der Waals surface area contributed by atoms with Crippen molar-refractivity contribution >= 4 is 5.91 Å². The van der Waals surface area contributed by atoms with Crippen LogP contribution >= 0.6 is 0 Å². The van der Waals surface area contributed by atoms with Gasteiger partial charge in [0.25, 0.3) is 5.91 Å². The SMILES string of the molecule is Cc1c(C)c2c(c(C)c1Cc1ccc(C(=O)N[C@@H]3COC(C)(C)OC3c3ccccc3)o1)CCC(C)(C)O2. The molecule has 2 aliphatic heterocycles. The van der Waals surface area contributed by atoms with E-state index >= 15 is 0 Å². The smallest absolute Gasteiger partial charge is 0.287 e. The second kappa shape index (κ2) is 9.90. The van der Waals surface area contributed by atoms with Crippen molar-refractivity contribution in [1.29, 1.82) is 0 Å². The van der Waals surface area contributed by atoms with Crippen LogP contribution < -0.4 is 10.1 Å². The molecule has 0 saturated carbocycles. The number of carbonyl (C=O) groups is 1. The monoisotopic (exact) mass is 517 g/mol. The van der Waals surface area contributed by atoms with Gasteiger partial charge in [-0.3, -0.25) is 4.79 Å². The fourth-order valence-electron chi connectivity index (χ4n) is 5.58. The van der Waals surface area contributed by atoms with Crippen molar-refractivity contribution in [1.82, 2.24) is 5.32 Å². The number of rotatable bonds is 5. The fourth-order valence-corrected chi connectivity index (χ4v) is 5.58. The lowest BCUT2D eigenvalue weighted by molar-refractivity contribution is -0.284. The Morgan fingerprint density at radius 3 is 2.45 bits per heavy atom. The van der Waals surface area contributed by atoms with Crippen LogP contribution in [0, 0.1) is 20.8 Å². The number of carbonyl (C=O) groups excluding carboxylic acids is 1. The van der Waals surface area contributed by atoms with E-state index in [4.69, 9.17) is 18.6 Å². The van der Waals surface area contributed by atoms with Crippen LogP contribution in [0.25, 0.3) is 0 Å². The molecule has 0 spiro atoms. The molecule has 2 aliphatic rings. The Bertz CT molecular complexity index is 1340. The van der Waals surface area contributed by atoms with Gasteiger partial charge in [-0.25, -0.2) is 0 Å². The molecule has 0 bridgehead atoms. The van der Waals surface area contributed by atoms with Gasteiger partial charge in [-0.15, -0.1) is 0 Å². The summed E-state index contributed by atoms with van der Waals surface area (Å²) in [6.45, 7) is 14.9. The van der Waals surface area contributed by atoms with E-state index in [0.717, 1.165) is 29.9 Å². The highest BCUT2D eigenvalue weighted by atomic mass is 16.7. The van der Waals surface area contributed by atoms with Crippen LogP contribution in [0.2, 0.25) is 0 Å². The first-order valence-corrected chi connectivity index (χ1v) is 13.5. The van der Waals surface area contributed by atoms with Crippen molar-refractivity contribution < 1.29 is 23.4 Å². The summed E-state index contributed by atoms with van der Waals surface area (Å²) in [4.78, 5) is 13.2. The minimum atomic E-state index is -0.733. The molecular formula is C32H39NO5. The molecule has 2 aromatic carbocycles. The third kappa shape index (κ3) is 5.25. The number of ether oxygens (including phenoxy) is 3. The molecule has 3 aromatic rings. The van der Waals surface area contributed by atoms with E-state index in [1.807, 2.05) is 50.2 Å². The Morgan fingerprint density at radius 1 is 0.974 bits per heavy atom. The standard InChI is InChI=1S/C32H39NO5/c1-19-20(2)28-24(15-16-31(4,5)37-28)21(3)25(19)17-23-13-14-27(36-23)30(34)33-26-18-35-32(6,7)38-29(26)22-11-9-8-10-12-22/h8-14,26,29H,15-18H2,1-7H3,(H,33,34)/t26-,29?/m1/s1. The Morgan fingerprint density at radius 2 is 1.71 bits per heavy atom. The van der Waals surface area contributed by atoms with Gasteiger partial charge >= 0.3 is 0 Å². The molecule has 38 heavy (non-hydrogen) atoms. The molecular weight excluding hydrogens is 478 g/mol. The van der Waals surface area contributed by atoms with Crippen LogP contribution in [0.5, 0.6) is 5.75 Å². The zero-order chi connectivity index (χ0) is 27.2. The van der Waals surface area contributed by atoms with Crippen LogP contribution in [0.3, 0.4) is 0 Å². The lowest BCUT2D eigenvalue weighted by atomic mass is 9.84. The number of benzene rings is 2. The molecule has 5 rings (SSSR count). The number of nitrogens with one attached hydrogen (secondary N) is 1. The minimum absolute atomic E-state index is 0.148. The van der Waals surface area contributed by atoms with E-state index in [1.165, 1.54) is 27.8 Å². The maximum absolute atomic E-state index is 13.2. The number of furan rings is 1. The van der Waals surface area contributed by atoms with Gasteiger partial charge in [0, 0.05) is 6.42 Å². The molecule has 0 aliphatic carbocycles. The third-order valence-electron chi connectivity index (χ3n) is 7.96. The largest absolute Gasteiger partial charge is 0.487 e. The van der Waals surface area contributed by atoms with Gasteiger partial charge < -0.3 is 23.9 Å². The van der Waals surface area contributed by atoms with E-state index in [0.29, 0.717) is 13.0 Å². The van der Waals surface area contributed by atoms with E-state index in [9.17, 15) is 4.79 Å². The maximum Gasteiger partial charge on any atom is 0.287 e. The molecule has 1 amide bonds. The predicted octanol–water partition coefficient (Wildman–Crippen LogP) is 6.52. The van der Waals surface area contributed by atoms with Gasteiger partial charge in [0.2, 0.25) is 0 Å². The zero-order valence-corrected chi connectivity index (χ0v) is 23.6. The fraction of sp³-hybridized carbons (Fsp3) is 0.469. The Hall–Kier alpha value is -3.09. The summed E-state index contributed by atoms with van der Waals surface area (Å²) < 4.78 is 24.5. The van der Waals surface area contributed by atoms with Crippen LogP contribution in [0.1, 0.15) is 89.9 Å². The van der Waals surface area contributed by atoms with Crippen LogP contribution in [0.4, 0.5) is 0 Å². The predicted molar refractivity (Wildman–Crippen MR) is 147 cm³/mol. The number of hydrogen-bond acceptors (Lipinski definition) is 5. The molecule has 3 heterocycles. The van der Waals surface area contributed by atoms with Gasteiger partial charge in [-0.2, -0.15) is 0 Å². The Balaban J connectivity index is 1.34. The first-order chi connectivity index (χ1) is 17.9. The lowest BCUT2D eigenvalue weighted by Crippen LogP contribution is -2.51. The summed E-state index contributed by atoms with van der Waals surface area (Å²) in [5.74, 6) is 1.07. The molecule has 1 fully saturated rings. The molecule has 6 nitrogen and oxygen atoms in total. The van der Waals surface area contributed by atoms with Gasteiger partial charge in [0.05, 0.1) is 12.6 Å². The van der Waals surface area contributed by atoms with E-state index in [2.05, 4.69) is 39.9 Å². The first kappa shape index (κ1) is 26.5. The average Bonchev–Trinajstić information content (AvgIpc) is 3.35. The normalized spacial score (nSPS) is 21.9. The summed E-state index contributed by atoms with van der Waals surface area (Å²) >= 11 is 0. The van der Waals surface area contributed by atoms with Crippen molar-refractivity contribution in [2.24, 2.45) is 0 Å². The molecule has 2 atom stereocenters. The number of hydrogen-bond donors (Lipinski definition) is 1. The van der Waals surface area contributed by atoms with Crippen molar-refractivity contribution in [2.45, 2.75) is 91.3 Å². The Kier molecular flexibility index (Phi) is 6.91. The highest BCUT2D eigenvalue weighted by molar-refractivity contribution is 5.91. The summed E-state index contributed by atoms with van der Waals surface area (Å²) in [7, 11) is 0. The van der Waals surface area contributed by atoms with Crippen LogP contribution in [-0.4, -0.2) is 29.9 Å². The van der Waals surface area contributed by atoms with Crippen molar-refractivity contribution in [2.75, 3.05) is 6.61 Å². The molecule has 1 aromatic heterocycles. The summed E-state index contributed by atoms with van der Waals surface area (Å²) in [5, 5.41) is 3.08. The molecule has 1 unspecified atom stereocenters. The summed E-state index contributed by atoms with van der Waals surface area (Å²) in [6.07, 6.45) is 2.29. The van der Waals surface area contributed by atoms with Crippen molar-refractivity contribution in [3.05, 3.63) is 87.4 Å².